The third kappa shape index (κ3) is 3.34. The summed E-state index contributed by atoms with van der Waals surface area (Å²) in [6, 6.07) is -0.0205. The molecule has 7 nitrogen and oxygen atoms in total. The molecule has 0 radical (unpaired) electrons. The lowest BCUT2D eigenvalue weighted by atomic mass is 10.2. The van der Waals surface area contributed by atoms with Crippen molar-refractivity contribution < 1.29 is 22.1 Å². The second-order valence-electron chi connectivity index (χ2n) is 4.79. The number of benzene rings is 1. The van der Waals surface area contributed by atoms with Crippen molar-refractivity contribution in [2.45, 2.75) is 23.8 Å². The van der Waals surface area contributed by atoms with Crippen molar-refractivity contribution >= 4 is 15.7 Å². The van der Waals surface area contributed by atoms with Crippen LogP contribution in [-0.2, 0) is 10.0 Å². The smallest absolute Gasteiger partial charge is 0.306 e. The monoisotopic (exact) mass is 321 g/mol. The van der Waals surface area contributed by atoms with Crippen molar-refractivity contribution in [1.29, 1.82) is 0 Å². The molecule has 1 aliphatic rings. The SMILES string of the molecule is NCC(NS(=O)(=O)c1cc([N+](=O)[O-])c(F)cc1F)C1CC1. The maximum atomic E-state index is 13.6. The van der Waals surface area contributed by atoms with Crippen LogP contribution in [0.15, 0.2) is 17.0 Å². The molecule has 116 valence electrons. The van der Waals surface area contributed by atoms with E-state index in [2.05, 4.69) is 4.72 Å². The molecule has 0 aromatic heterocycles. The van der Waals surface area contributed by atoms with Crippen LogP contribution in [0.25, 0.3) is 0 Å². The van der Waals surface area contributed by atoms with Crippen molar-refractivity contribution in [3.63, 3.8) is 0 Å². The summed E-state index contributed by atoms with van der Waals surface area (Å²) in [4.78, 5) is 8.54. The molecule has 0 aliphatic heterocycles. The van der Waals surface area contributed by atoms with Crippen LogP contribution in [-0.4, -0.2) is 25.9 Å². The number of rotatable bonds is 6. The molecule has 1 unspecified atom stereocenters. The maximum absolute atomic E-state index is 13.6. The third-order valence-electron chi connectivity index (χ3n) is 3.24. The van der Waals surface area contributed by atoms with Gasteiger partial charge < -0.3 is 5.73 Å². The Morgan fingerprint density at radius 3 is 2.48 bits per heavy atom. The van der Waals surface area contributed by atoms with Crippen LogP contribution >= 0.6 is 0 Å². The van der Waals surface area contributed by atoms with Gasteiger partial charge in [-0.2, -0.15) is 4.39 Å². The van der Waals surface area contributed by atoms with Crippen LogP contribution in [0.3, 0.4) is 0 Å². The van der Waals surface area contributed by atoms with Gasteiger partial charge in [0, 0.05) is 24.7 Å². The van der Waals surface area contributed by atoms with Crippen molar-refractivity contribution in [2.24, 2.45) is 11.7 Å². The van der Waals surface area contributed by atoms with Crippen LogP contribution in [0.4, 0.5) is 14.5 Å². The van der Waals surface area contributed by atoms with Gasteiger partial charge in [0.2, 0.25) is 15.8 Å². The highest BCUT2D eigenvalue weighted by Gasteiger charge is 2.35. The first-order valence-corrected chi connectivity index (χ1v) is 7.60. The largest absolute Gasteiger partial charge is 0.329 e. The number of nitrogens with one attached hydrogen (secondary N) is 1. The van der Waals surface area contributed by atoms with E-state index in [1.165, 1.54) is 0 Å². The summed E-state index contributed by atoms with van der Waals surface area (Å²) in [5.74, 6) is -2.76. The van der Waals surface area contributed by atoms with E-state index in [0.717, 1.165) is 12.8 Å². The molecular weight excluding hydrogens is 308 g/mol. The Labute approximate surface area is 119 Å². The topological polar surface area (TPSA) is 115 Å². The van der Waals surface area contributed by atoms with Crippen molar-refractivity contribution in [3.05, 3.63) is 33.9 Å². The van der Waals surface area contributed by atoms with Gasteiger partial charge in [0.1, 0.15) is 10.7 Å². The molecule has 1 fully saturated rings. The first kappa shape index (κ1) is 15.7. The number of nitrogens with zero attached hydrogens (tertiary/aromatic N) is 1. The van der Waals surface area contributed by atoms with E-state index >= 15 is 0 Å². The molecule has 0 bridgehead atoms. The zero-order valence-electron chi connectivity index (χ0n) is 10.8. The highest BCUT2D eigenvalue weighted by Crippen LogP contribution is 2.33. The molecule has 1 aromatic rings. The van der Waals surface area contributed by atoms with Gasteiger partial charge in [0.25, 0.3) is 0 Å². The normalized spacial score (nSPS) is 16.7. The first-order valence-electron chi connectivity index (χ1n) is 6.12. The molecule has 21 heavy (non-hydrogen) atoms. The van der Waals surface area contributed by atoms with Gasteiger partial charge in [-0.1, -0.05) is 0 Å². The van der Waals surface area contributed by atoms with Crippen molar-refractivity contribution in [3.8, 4) is 0 Å². The van der Waals surface area contributed by atoms with Gasteiger partial charge in [-0.05, 0) is 18.8 Å². The fourth-order valence-electron chi connectivity index (χ4n) is 1.96. The minimum atomic E-state index is -4.36. The van der Waals surface area contributed by atoms with E-state index < -0.39 is 43.2 Å². The van der Waals surface area contributed by atoms with Crippen LogP contribution in [0.5, 0.6) is 0 Å². The predicted molar refractivity (Wildman–Crippen MR) is 68.9 cm³/mol. The number of hydrogen-bond donors (Lipinski definition) is 2. The summed E-state index contributed by atoms with van der Waals surface area (Å²) in [5.41, 5.74) is 4.35. The molecule has 0 saturated heterocycles. The molecule has 3 N–H and O–H groups in total. The Morgan fingerprint density at radius 2 is 2.00 bits per heavy atom. The molecule has 0 amide bonds. The Morgan fingerprint density at radius 1 is 1.38 bits per heavy atom. The zero-order valence-corrected chi connectivity index (χ0v) is 11.6. The van der Waals surface area contributed by atoms with Gasteiger partial charge in [0.05, 0.1) is 4.92 Å². The number of sulfonamides is 1. The van der Waals surface area contributed by atoms with Crippen LogP contribution in [0.2, 0.25) is 0 Å². The van der Waals surface area contributed by atoms with E-state index in [4.69, 9.17) is 5.73 Å². The van der Waals surface area contributed by atoms with Gasteiger partial charge in [-0.3, -0.25) is 10.1 Å². The number of nitro groups is 1. The summed E-state index contributed by atoms with van der Waals surface area (Å²) in [5, 5.41) is 10.6. The molecule has 1 saturated carbocycles. The molecule has 1 atom stereocenters. The summed E-state index contributed by atoms with van der Waals surface area (Å²) in [7, 11) is -4.36. The average molecular weight is 321 g/mol. The summed E-state index contributed by atoms with van der Waals surface area (Å²) >= 11 is 0. The highest BCUT2D eigenvalue weighted by atomic mass is 32.2. The first-order chi connectivity index (χ1) is 9.76. The van der Waals surface area contributed by atoms with Gasteiger partial charge in [-0.15, -0.1) is 0 Å². The Balaban J connectivity index is 2.39. The fraction of sp³-hybridized carbons (Fsp3) is 0.455. The Hall–Kier alpha value is -1.65. The van der Waals surface area contributed by atoms with E-state index in [1.807, 2.05) is 0 Å². The second-order valence-corrected chi connectivity index (χ2v) is 6.47. The lowest BCUT2D eigenvalue weighted by Crippen LogP contribution is -2.41. The number of hydrogen-bond acceptors (Lipinski definition) is 5. The maximum Gasteiger partial charge on any atom is 0.306 e. The summed E-state index contributed by atoms with van der Waals surface area (Å²) < 4.78 is 53.3. The van der Waals surface area contributed by atoms with Crippen molar-refractivity contribution in [2.75, 3.05) is 6.54 Å². The molecule has 0 spiro atoms. The van der Waals surface area contributed by atoms with E-state index in [-0.39, 0.29) is 18.5 Å². The van der Waals surface area contributed by atoms with Gasteiger partial charge >= 0.3 is 5.69 Å². The molecule has 10 heteroatoms. The van der Waals surface area contributed by atoms with Crippen LogP contribution in [0.1, 0.15) is 12.8 Å². The minimum absolute atomic E-state index is 0.0226. The second kappa shape index (κ2) is 5.62. The average Bonchev–Trinajstić information content (AvgIpc) is 3.19. The van der Waals surface area contributed by atoms with Crippen LogP contribution < -0.4 is 10.5 Å². The Bertz CT molecular complexity index is 676. The fourth-order valence-corrected chi connectivity index (χ4v) is 3.36. The molecule has 2 rings (SSSR count). The molecule has 1 aromatic carbocycles. The quantitative estimate of drug-likeness (QED) is 0.596. The Kier molecular flexibility index (Phi) is 4.21. The third-order valence-corrected chi connectivity index (χ3v) is 4.74. The molecule has 0 heterocycles. The van der Waals surface area contributed by atoms with Crippen LogP contribution in [0, 0.1) is 27.7 Å². The summed E-state index contributed by atoms with van der Waals surface area (Å²) in [6.45, 7) is 0.0226. The number of halogens is 2. The zero-order chi connectivity index (χ0) is 15.8. The number of nitro benzene ring substituents is 1. The number of nitrogens with two attached hydrogens (primary N) is 1. The van der Waals surface area contributed by atoms with E-state index in [1.54, 1.807) is 0 Å². The minimum Gasteiger partial charge on any atom is -0.329 e. The van der Waals surface area contributed by atoms with E-state index in [0.29, 0.717) is 6.07 Å². The van der Waals surface area contributed by atoms with Crippen molar-refractivity contribution in [1.82, 2.24) is 4.72 Å². The molecule has 1 aliphatic carbocycles. The molecular formula is C11H13F2N3O4S. The predicted octanol–water partition coefficient (Wildman–Crippen LogP) is 0.889. The van der Waals surface area contributed by atoms with Gasteiger partial charge in [0.15, 0.2) is 0 Å². The highest BCUT2D eigenvalue weighted by molar-refractivity contribution is 7.89. The summed E-state index contributed by atoms with van der Waals surface area (Å²) in [6.07, 6.45) is 1.60. The van der Waals surface area contributed by atoms with Gasteiger partial charge in [-0.25, -0.2) is 17.5 Å². The lowest BCUT2D eigenvalue weighted by molar-refractivity contribution is -0.387. The lowest BCUT2D eigenvalue weighted by Gasteiger charge is -2.16. The standard InChI is InChI=1S/C11H13F2N3O4S/c12-7-3-8(13)11(4-10(7)16(17)18)21(19,20)15-9(5-14)6-1-2-6/h3-4,6,9,15H,1-2,5,14H2. The van der Waals surface area contributed by atoms with E-state index in [9.17, 15) is 27.3 Å².